The Bertz CT molecular complexity index is 3150. The van der Waals surface area contributed by atoms with E-state index in [1.54, 1.807) is 0 Å². The summed E-state index contributed by atoms with van der Waals surface area (Å²) in [6.45, 7) is 0. The quantitative estimate of drug-likeness (QED) is 0.162. The van der Waals surface area contributed by atoms with Crippen molar-refractivity contribution in [1.82, 2.24) is 0 Å². The van der Waals surface area contributed by atoms with Gasteiger partial charge >= 0.3 is 0 Å². The minimum atomic E-state index is 0.850. The van der Waals surface area contributed by atoms with Crippen LogP contribution in [-0.4, -0.2) is 0 Å². The molecule has 0 radical (unpaired) electrons. The van der Waals surface area contributed by atoms with E-state index < -0.39 is 0 Å². The Morgan fingerprint density at radius 2 is 0.828 bits per heavy atom. The van der Waals surface area contributed by atoms with Crippen molar-refractivity contribution in [3.05, 3.63) is 224 Å². The Labute approximate surface area is 337 Å². The Kier molecular flexibility index (Phi) is 8.19. The third kappa shape index (κ3) is 5.82. The third-order valence-electron chi connectivity index (χ3n) is 11.5. The van der Waals surface area contributed by atoms with Crippen LogP contribution in [-0.2, 0) is 0 Å². The van der Waals surface area contributed by atoms with Gasteiger partial charge < -0.3 is 9.32 Å². The summed E-state index contributed by atoms with van der Waals surface area (Å²) in [6, 6.07) is 80.5. The highest BCUT2D eigenvalue weighted by molar-refractivity contribution is 6.22. The van der Waals surface area contributed by atoms with Crippen LogP contribution in [0.4, 0.5) is 17.1 Å². The first-order chi connectivity index (χ1) is 28.8. The van der Waals surface area contributed by atoms with Crippen LogP contribution in [0.25, 0.3) is 88.0 Å². The van der Waals surface area contributed by atoms with Crippen molar-refractivity contribution < 1.29 is 4.42 Å². The maximum Gasteiger partial charge on any atom is 0.143 e. The summed E-state index contributed by atoms with van der Waals surface area (Å²) in [5, 5.41) is 7.00. The molecule has 2 nitrogen and oxygen atoms in total. The molecule has 1 aromatic heterocycles. The summed E-state index contributed by atoms with van der Waals surface area (Å²) >= 11 is 0. The van der Waals surface area contributed by atoms with Gasteiger partial charge in [0, 0.05) is 22.3 Å². The second kappa shape index (κ2) is 14.1. The molecule has 0 spiro atoms. The summed E-state index contributed by atoms with van der Waals surface area (Å²) in [7, 11) is 0. The lowest BCUT2D eigenvalue weighted by molar-refractivity contribution is 0.670. The van der Waals surface area contributed by atoms with Gasteiger partial charge in [0.15, 0.2) is 0 Å². The van der Waals surface area contributed by atoms with Crippen molar-refractivity contribution in [2.75, 3.05) is 4.90 Å². The lowest BCUT2D eigenvalue weighted by Gasteiger charge is -2.26. The van der Waals surface area contributed by atoms with Gasteiger partial charge in [0.1, 0.15) is 11.2 Å². The first-order valence-electron chi connectivity index (χ1n) is 19.8. The van der Waals surface area contributed by atoms with Gasteiger partial charge in [-0.2, -0.15) is 0 Å². The predicted molar refractivity (Wildman–Crippen MR) is 245 cm³/mol. The van der Waals surface area contributed by atoms with E-state index in [9.17, 15) is 0 Å². The van der Waals surface area contributed by atoms with E-state index >= 15 is 0 Å². The van der Waals surface area contributed by atoms with Crippen molar-refractivity contribution in [2.24, 2.45) is 0 Å². The van der Waals surface area contributed by atoms with Gasteiger partial charge in [-0.3, -0.25) is 0 Å². The van der Waals surface area contributed by atoms with Crippen LogP contribution in [0.1, 0.15) is 0 Å². The fraction of sp³-hybridized carbons (Fsp3) is 0. The van der Waals surface area contributed by atoms with E-state index in [4.69, 9.17) is 4.42 Å². The molecule has 0 bridgehead atoms. The molecule has 0 N–H and O–H groups in total. The van der Waals surface area contributed by atoms with E-state index in [-0.39, 0.29) is 0 Å². The lowest BCUT2D eigenvalue weighted by atomic mass is 9.92. The number of furan rings is 1. The normalized spacial score (nSPS) is 11.4. The van der Waals surface area contributed by atoms with Gasteiger partial charge in [0.25, 0.3) is 0 Å². The largest absolute Gasteiger partial charge is 0.455 e. The van der Waals surface area contributed by atoms with Crippen LogP contribution in [0, 0.1) is 0 Å². The molecule has 0 amide bonds. The molecule has 0 aliphatic rings. The number of rotatable bonds is 7. The number of hydrogen-bond acceptors (Lipinski definition) is 2. The molecule has 0 saturated heterocycles. The SMILES string of the molecule is c1ccc(-c2ccc(N(c3ccc(-c4ccccc4)cc3)c3cccc4oc5c(-c6ccc(-c7cccc8ccccc78)cc6)c6ccccc6cc5c34)cc2)cc1. The topological polar surface area (TPSA) is 16.4 Å². The summed E-state index contributed by atoms with van der Waals surface area (Å²) in [5.41, 5.74) is 14.3. The number of nitrogens with zero attached hydrogens (tertiary/aromatic N) is 1. The van der Waals surface area contributed by atoms with E-state index in [0.717, 1.165) is 50.1 Å². The van der Waals surface area contributed by atoms with Crippen LogP contribution in [0.3, 0.4) is 0 Å². The fourth-order valence-corrected chi connectivity index (χ4v) is 8.67. The second-order valence-corrected chi connectivity index (χ2v) is 14.9. The van der Waals surface area contributed by atoms with Crippen molar-refractivity contribution in [1.29, 1.82) is 0 Å². The first kappa shape index (κ1) is 33.6. The molecule has 0 saturated carbocycles. The van der Waals surface area contributed by atoms with Gasteiger partial charge in [-0.1, -0.05) is 182 Å². The molecular formula is C56H37NO. The zero-order chi connectivity index (χ0) is 38.4. The first-order valence-corrected chi connectivity index (χ1v) is 19.8. The van der Waals surface area contributed by atoms with Crippen LogP contribution in [0.5, 0.6) is 0 Å². The average molecular weight is 740 g/mol. The number of hydrogen-bond donors (Lipinski definition) is 0. The molecular weight excluding hydrogens is 703 g/mol. The minimum Gasteiger partial charge on any atom is -0.455 e. The monoisotopic (exact) mass is 739 g/mol. The molecule has 58 heavy (non-hydrogen) atoms. The summed E-state index contributed by atoms with van der Waals surface area (Å²) < 4.78 is 7.01. The molecule has 11 aromatic rings. The Morgan fingerprint density at radius 3 is 1.48 bits per heavy atom. The van der Waals surface area contributed by atoms with Crippen molar-refractivity contribution >= 4 is 60.5 Å². The van der Waals surface area contributed by atoms with Crippen LogP contribution < -0.4 is 4.90 Å². The van der Waals surface area contributed by atoms with Crippen LogP contribution in [0.2, 0.25) is 0 Å². The summed E-state index contributed by atoms with van der Waals surface area (Å²) in [5.74, 6) is 0. The standard InChI is InChI=1S/C56H37NO/c1-3-13-38(14-4-1)40-29-33-46(34-30-40)57(47-35-31-41(32-36-47)39-15-5-2-6-16-39)52-23-12-24-53-55(52)51-37-45-18-8-10-21-50(45)54(56(51)58-53)44-27-25-43(26-28-44)49-22-11-19-42-17-7-9-20-48(42)49/h1-37H. The summed E-state index contributed by atoms with van der Waals surface area (Å²) in [4.78, 5) is 2.37. The lowest BCUT2D eigenvalue weighted by Crippen LogP contribution is -2.10. The molecule has 1 heterocycles. The zero-order valence-electron chi connectivity index (χ0n) is 31.7. The number of benzene rings is 10. The molecule has 11 rings (SSSR count). The maximum atomic E-state index is 7.01. The van der Waals surface area contributed by atoms with E-state index in [1.807, 2.05) is 0 Å². The highest BCUT2D eigenvalue weighted by Crippen LogP contribution is 2.47. The highest BCUT2D eigenvalue weighted by atomic mass is 16.3. The Hall–Kier alpha value is -7.68. The zero-order valence-corrected chi connectivity index (χ0v) is 31.7. The van der Waals surface area contributed by atoms with E-state index in [0.29, 0.717) is 0 Å². The Balaban J connectivity index is 1.10. The average Bonchev–Trinajstić information content (AvgIpc) is 3.68. The predicted octanol–water partition coefficient (Wildman–Crippen LogP) is 16.0. The number of anilines is 3. The van der Waals surface area contributed by atoms with E-state index in [1.165, 1.54) is 54.9 Å². The molecule has 2 heteroatoms. The third-order valence-corrected chi connectivity index (χ3v) is 11.5. The van der Waals surface area contributed by atoms with Crippen molar-refractivity contribution in [3.8, 4) is 44.5 Å². The molecule has 0 fully saturated rings. The Morgan fingerprint density at radius 1 is 0.328 bits per heavy atom. The minimum absolute atomic E-state index is 0.850. The van der Waals surface area contributed by atoms with Crippen molar-refractivity contribution in [3.63, 3.8) is 0 Å². The molecule has 272 valence electrons. The van der Waals surface area contributed by atoms with E-state index in [2.05, 4.69) is 229 Å². The molecule has 0 aliphatic carbocycles. The van der Waals surface area contributed by atoms with Gasteiger partial charge in [-0.15, -0.1) is 0 Å². The smallest absolute Gasteiger partial charge is 0.143 e. The van der Waals surface area contributed by atoms with Crippen LogP contribution >= 0.6 is 0 Å². The van der Waals surface area contributed by atoms with Gasteiger partial charge in [0.2, 0.25) is 0 Å². The molecule has 0 aliphatic heterocycles. The molecule has 0 atom stereocenters. The maximum absolute atomic E-state index is 7.01. The van der Waals surface area contributed by atoms with Gasteiger partial charge in [-0.05, 0) is 103 Å². The van der Waals surface area contributed by atoms with Gasteiger partial charge in [-0.25, -0.2) is 0 Å². The second-order valence-electron chi connectivity index (χ2n) is 14.9. The van der Waals surface area contributed by atoms with Crippen LogP contribution in [0.15, 0.2) is 229 Å². The fourth-order valence-electron chi connectivity index (χ4n) is 8.67. The highest BCUT2D eigenvalue weighted by Gasteiger charge is 2.23. The number of fused-ring (bicyclic) bond motifs is 5. The molecule has 0 unspecified atom stereocenters. The van der Waals surface area contributed by atoms with Crippen molar-refractivity contribution in [2.45, 2.75) is 0 Å². The molecule has 10 aromatic carbocycles. The summed E-state index contributed by atoms with van der Waals surface area (Å²) in [6.07, 6.45) is 0. The van der Waals surface area contributed by atoms with Gasteiger partial charge in [0.05, 0.1) is 11.1 Å².